The smallest absolute Gasteiger partial charge is 0.274 e. The molecule has 0 radical (unpaired) electrons. The summed E-state index contributed by atoms with van der Waals surface area (Å²) >= 11 is 3.32. The van der Waals surface area contributed by atoms with Crippen molar-refractivity contribution in [2.75, 3.05) is 11.9 Å². The third-order valence-corrected chi connectivity index (χ3v) is 2.96. The molecule has 0 aliphatic carbocycles. The van der Waals surface area contributed by atoms with E-state index in [0.29, 0.717) is 17.3 Å². The number of carbonyl (C=O) groups excluding carboxylic acids is 1. The van der Waals surface area contributed by atoms with Crippen molar-refractivity contribution >= 4 is 33.3 Å². The molecule has 8 heteroatoms. The SMILES string of the molecule is Cn1cc(Br)cc(Nc2ccc(OCC(N)=O)cn2)c1=O. The summed E-state index contributed by atoms with van der Waals surface area (Å²) < 4.78 is 7.32. The minimum absolute atomic E-state index is 0.172. The van der Waals surface area contributed by atoms with Crippen LogP contribution in [-0.4, -0.2) is 22.1 Å². The van der Waals surface area contributed by atoms with Crippen molar-refractivity contribution in [3.63, 3.8) is 0 Å². The predicted molar refractivity (Wildman–Crippen MR) is 81.6 cm³/mol. The highest BCUT2D eigenvalue weighted by Crippen LogP contribution is 2.17. The Morgan fingerprint density at radius 1 is 1.52 bits per heavy atom. The lowest BCUT2D eigenvalue weighted by Crippen LogP contribution is -2.20. The lowest BCUT2D eigenvalue weighted by Gasteiger charge is -2.08. The van der Waals surface area contributed by atoms with Gasteiger partial charge in [-0.3, -0.25) is 9.59 Å². The van der Waals surface area contributed by atoms with Gasteiger partial charge in [-0.2, -0.15) is 0 Å². The zero-order valence-corrected chi connectivity index (χ0v) is 12.8. The molecule has 2 aromatic rings. The van der Waals surface area contributed by atoms with Gasteiger partial charge in [0.05, 0.1) is 6.20 Å². The van der Waals surface area contributed by atoms with E-state index in [1.165, 1.54) is 10.8 Å². The summed E-state index contributed by atoms with van der Waals surface area (Å²) in [6.45, 7) is -0.208. The molecule has 0 saturated heterocycles. The molecular formula is C13H13BrN4O3. The molecule has 2 aromatic heterocycles. The molecule has 2 rings (SSSR count). The molecule has 0 saturated carbocycles. The monoisotopic (exact) mass is 352 g/mol. The number of carbonyl (C=O) groups is 1. The minimum Gasteiger partial charge on any atom is -0.482 e. The number of nitrogens with two attached hydrogens (primary N) is 1. The number of pyridine rings is 2. The fourth-order valence-corrected chi connectivity index (χ4v) is 2.13. The van der Waals surface area contributed by atoms with Gasteiger partial charge in [0.1, 0.15) is 17.3 Å². The lowest BCUT2D eigenvalue weighted by atomic mass is 10.3. The molecule has 0 aliphatic heterocycles. The average Bonchev–Trinajstić information content (AvgIpc) is 2.43. The molecule has 3 N–H and O–H groups in total. The van der Waals surface area contributed by atoms with Crippen LogP contribution in [0.15, 0.2) is 39.9 Å². The molecule has 21 heavy (non-hydrogen) atoms. The number of hydrogen-bond acceptors (Lipinski definition) is 5. The molecule has 0 unspecified atom stereocenters. The van der Waals surface area contributed by atoms with Crippen LogP contribution in [0.5, 0.6) is 5.75 Å². The van der Waals surface area contributed by atoms with Gasteiger partial charge in [0.15, 0.2) is 6.61 Å². The van der Waals surface area contributed by atoms with Gasteiger partial charge in [-0.15, -0.1) is 0 Å². The van der Waals surface area contributed by atoms with E-state index in [-0.39, 0.29) is 12.2 Å². The van der Waals surface area contributed by atoms with E-state index in [1.54, 1.807) is 31.4 Å². The highest BCUT2D eigenvalue weighted by molar-refractivity contribution is 9.10. The fourth-order valence-electron chi connectivity index (χ4n) is 1.59. The molecule has 2 heterocycles. The molecule has 0 aromatic carbocycles. The van der Waals surface area contributed by atoms with Gasteiger partial charge >= 0.3 is 0 Å². The number of rotatable bonds is 5. The van der Waals surface area contributed by atoms with Crippen LogP contribution in [0.4, 0.5) is 11.5 Å². The highest BCUT2D eigenvalue weighted by atomic mass is 79.9. The quantitative estimate of drug-likeness (QED) is 0.840. The van der Waals surface area contributed by atoms with Gasteiger partial charge in [-0.1, -0.05) is 0 Å². The second kappa shape index (κ2) is 6.40. The molecule has 0 fully saturated rings. The van der Waals surface area contributed by atoms with Crippen LogP contribution >= 0.6 is 15.9 Å². The molecule has 7 nitrogen and oxygen atoms in total. The zero-order valence-electron chi connectivity index (χ0n) is 11.2. The van der Waals surface area contributed by atoms with E-state index in [2.05, 4.69) is 26.2 Å². The number of ether oxygens (including phenoxy) is 1. The first-order chi connectivity index (χ1) is 9.95. The largest absolute Gasteiger partial charge is 0.482 e. The maximum Gasteiger partial charge on any atom is 0.274 e. The Kier molecular flexibility index (Phi) is 4.59. The van der Waals surface area contributed by atoms with Crippen LogP contribution < -0.4 is 21.3 Å². The Labute approximate surface area is 128 Å². The normalized spacial score (nSPS) is 10.2. The van der Waals surface area contributed by atoms with Crippen molar-refractivity contribution in [2.45, 2.75) is 0 Å². The van der Waals surface area contributed by atoms with Crippen molar-refractivity contribution in [1.29, 1.82) is 0 Å². The maximum absolute atomic E-state index is 11.9. The van der Waals surface area contributed by atoms with Gasteiger partial charge in [0, 0.05) is 17.7 Å². The van der Waals surface area contributed by atoms with E-state index >= 15 is 0 Å². The Morgan fingerprint density at radius 3 is 2.90 bits per heavy atom. The van der Waals surface area contributed by atoms with Crippen LogP contribution in [0.3, 0.4) is 0 Å². The Balaban J connectivity index is 2.14. The van der Waals surface area contributed by atoms with Crippen LogP contribution in [0.25, 0.3) is 0 Å². The number of nitrogens with zero attached hydrogens (tertiary/aromatic N) is 2. The van der Waals surface area contributed by atoms with Crippen molar-refractivity contribution in [2.24, 2.45) is 12.8 Å². The van der Waals surface area contributed by atoms with Gasteiger partial charge in [-0.05, 0) is 34.1 Å². The number of aromatic nitrogens is 2. The first kappa shape index (κ1) is 15.0. The van der Waals surface area contributed by atoms with Crippen molar-refractivity contribution in [3.8, 4) is 5.75 Å². The predicted octanol–water partition coefficient (Wildman–Crippen LogP) is 1.15. The Morgan fingerprint density at radius 2 is 2.29 bits per heavy atom. The van der Waals surface area contributed by atoms with Crippen LogP contribution in [0.2, 0.25) is 0 Å². The molecule has 110 valence electrons. The third kappa shape index (κ3) is 4.06. The highest BCUT2D eigenvalue weighted by Gasteiger charge is 2.05. The first-order valence-electron chi connectivity index (χ1n) is 5.96. The lowest BCUT2D eigenvalue weighted by molar-refractivity contribution is -0.119. The summed E-state index contributed by atoms with van der Waals surface area (Å²) in [6.07, 6.45) is 3.11. The van der Waals surface area contributed by atoms with E-state index < -0.39 is 5.91 Å². The molecule has 1 amide bonds. The number of primary amides is 1. The third-order valence-electron chi connectivity index (χ3n) is 2.53. The van der Waals surface area contributed by atoms with Gasteiger partial charge in [0.2, 0.25) is 0 Å². The number of hydrogen-bond donors (Lipinski definition) is 2. The van der Waals surface area contributed by atoms with Crippen LogP contribution in [0, 0.1) is 0 Å². The minimum atomic E-state index is -0.560. The topological polar surface area (TPSA) is 99.2 Å². The maximum atomic E-state index is 11.9. The van der Waals surface area contributed by atoms with Crippen molar-refractivity contribution in [3.05, 3.63) is 45.4 Å². The average molecular weight is 353 g/mol. The van der Waals surface area contributed by atoms with E-state index in [9.17, 15) is 9.59 Å². The molecule has 0 aliphatic rings. The van der Waals surface area contributed by atoms with E-state index in [1.807, 2.05) is 0 Å². The molecular weight excluding hydrogens is 340 g/mol. The summed E-state index contributed by atoms with van der Waals surface area (Å²) in [5, 5.41) is 2.92. The number of aryl methyl sites for hydroxylation is 1. The Bertz CT molecular complexity index is 712. The van der Waals surface area contributed by atoms with Crippen LogP contribution in [0.1, 0.15) is 0 Å². The summed E-state index contributed by atoms with van der Waals surface area (Å²) in [5.41, 5.74) is 5.20. The van der Waals surface area contributed by atoms with Crippen molar-refractivity contribution < 1.29 is 9.53 Å². The Hall–Kier alpha value is -2.35. The summed E-state index contributed by atoms with van der Waals surface area (Å²) in [6, 6.07) is 4.93. The molecule has 0 bridgehead atoms. The van der Waals surface area contributed by atoms with Gasteiger partial charge in [-0.25, -0.2) is 4.98 Å². The fraction of sp³-hybridized carbons (Fsp3) is 0.154. The standard InChI is InChI=1S/C13H13BrN4O3/c1-18-6-8(14)4-10(13(18)20)17-12-3-2-9(5-16-12)21-7-11(15)19/h2-6H,7H2,1H3,(H2,15,19)(H,16,17). The first-order valence-corrected chi connectivity index (χ1v) is 6.75. The van der Waals surface area contributed by atoms with E-state index in [4.69, 9.17) is 10.5 Å². The van der Waals surface area contributed by atoms with E-state index in [0.717, 1.165) is 4.47 Å². The summed E-state index contributed by atoms with van der Waals surface area (Å²) in [7, 11) is 1.66. The summed E-state index contributed by atoms with van der Waals surface area (Å²) in [5.74, 6) is 0.341. The van der Waals surface area contributed by atoms with Crippen LogP contribution in [-0.2, 0) is 11.8 Å². The summed E-state index contributed by atoms with van der Waals surface area (Å²) in [4.78, 5) is 26.7. The number of halogens is 1. The molecule has 0 spiro atoms. The number of anilines is 2. The second-order valence-electron chi connectivity index (χ2n) is 4.25. The zero-order chi connectivity index (χ0) is 15.4. The van der Waals surface area contributed by atoms with Crippen molar-refractivity contribution in [1.82, 2.24) is 9.55 Å². The van der Waals surface area contributed by atoms with Gasteiger partial charge < -0.3 is 20.4 Å². The second-order valence-corrected chi connectivity index (χ2v) is 5.16. The molecule has 0 atom stereocenters. The number of amides is 1. The van der Waals surface area contributed by atoms with Gasteiger partial charge in [0.25, 0.3) is 11.5 Å². The number of nitrogens with one attached hydrogen (secondary N) is 1.